The van der Waals surface area contributed by atoms with Gasteiger partial charge in [-0.25, -0.2) is 0 Å². The van der Waals surface area contributed by atoms with Crippen LogP contribution in [0.1, 0.15) is 32.8 Å². The molecule has 0 aromatic heterocycles. The highest BCUT2D eigenvalue weighted by Gasteiger charge is 2.17. The first-order valence-corrected chi connectivity index (χ1v) is 5.56. The van der Waals surface area contributed by atoms with Crippen LogP contribution in [0.4, 0.5) is 0 Å². The lowest BCUT2D eigenvalue weighted by Crippen LogP contribution is -2.26. The Kier molecular flexibility index (Phi) is 3.81. The predicted molar refractivity (Wildman–Crippen MR) is 67.5 cm³/mol. The first-order valence-electron chi connectivity index (χ1n) is 5.18. The number of ether oxygens (including phenoxy) is 1. The summed E-state index contributed by atoms with van der Waals surface area (Å²) in [5, 5.41) is 7.76. The van der Waals surface area contributed by atoms with Gasteiger partial charge in [0.25, 0.3) is 0 Å². The minimum absolute atomic E-state index is 0.0358. The van der Waals surface area contributed by atoms with Crippen molar-refractivity contribution in [3.8, 4) is 5.75 Å². The molecule has 0 aliphatic heterocycles. The summed E-state index contributed by atoms with van der Waals surface area (Å²) in [5.41, 5.74) is 5.69. The summed E-state index contributed by atoms with van der Waals surface area (Å²) in [6.45, 7) is 6.09. The zero-order valence-electron chi connectivity index (χ0n) is 9.80. The van der Waals surface area contributed by atoms with Gasteiger partial charge in [-0.1, -0.05) is 18.5 Å². The molecule has 1 rings (SSSR count). The molecule has 16 heavy (non-hydrogen) atoms. The van der Waals surface area contributed by atoms with Crippen molar-refractivity contribution < 1.29 is 4.74 Å². The molecule has 0 bridgehead atoms. The topological polar surface area (TPSA) is 59.1 Å². The zero-order chi connectivity index (χ0) is 12.3. The quantitative estimate of drug-likeness (QED) is 0.627. The Morgan fingerprint density at radius 2 is 2.12 bits per heavy atom. The molecule has 88 valence electrons. The van der Waals surface area contributed by atoms with Crippen molar-refractivity contribution in [3.63, 3.8) is 0 Å². The Hall–Kier alpha value is -1.22. The van der Waals surface area contributed by atoms with Crippen LogP contribution in [0, 0.1) is 5.41 Å². The van der Waals surface area contributed by atoms with Gasteiger partial charge in [0.05, 0.1) is 5.02 Å². The van der Waals surface area contributed by atoms with E-state index in [0.29, 0.717) is 16.3 Å². The van der Waals surface area contributed by atoms with Gasteiger partial charge in [0.1, 0.15) is 17.2 Å². The fourth-order valence-electron chi connectivity index (χ4n) is 1.17. The van der Waals surface area contributed by atoms with Crippen LogP contribution in [0.15, 0.2) is 18.2 Å². The van der Waals surface area contributed by atoms with Gasteiger partial charge in [0.15, 0.2) is 0 Å². The summed E-state index contributed by atoms with van der Waals surface area (Å²) in [6.07, 6.45) is 0.902. The number of halogens is 1. The Labute approximate surface area is 101 Å². The number of nitrogens with two attached hydrogens (primary N) is 1. The lowest BCUT2D eigenvalue weighted by Gasteiger charge is -2.25. The SMILES string of the molecule is CCC(C)(C)Oc1ccc(C(=N)N)c(Cl)c1. The maximum atomic E-state index is 7.32. The Morgan fingerprint density at radius 1 is 1.50 bits per heavy atom. The fraction of sp³-hybridized carbons (Fsp3) is 0.417. The van der Waals surface area contributed by atoms with Gasteiger partial charge in [0.2, 0.25) is 0 Å². The Morgan fingerprint density at radius 3 is 2.56 bits per heavy atom. The maximum Gasteiger partial charge on any atom is 0.124 e. The number of amidine groups is 1. The molecule has 0 aliphatic rings. The molecule has 1 aromatic rings. The van der Waals surface area contributed by atoms with Gasteiger partial charge >= 0.3 is 0 Å². The molecule has 3 nitrogen and oxygen atoms in total. The summed E-state index contributed by atoms with van der Waals surface area (Å²) < 4.78 is 5.77. The van der Waals surface area contributed by atoms with E-state index in [4.69, 9.17) is 27.5 Å². The number of benzene rings is 1. The van der Waals surface area contributed by atoms with Crippen molar-refractivity contribution >= 4 is 17.4 Å². The van der Waals surface area contributed by atoms with Gasteiger partial charge in [-0.2, -0.15) is 0 Å². The first kappa shape index (κ1) is 12.8. The van der Waals surface area contributed by atoms with Crippen LogP contribution in [0.2, 0.25) is 5.02 Å². The lowest BCUT2D eigenvalue weighted by molar-refractivity contribution is 0.105. The molecule has 0 atom stereocenters. The second-order valence-corrected chi connectivity index (χ2v) is 4.68. The summed E-state index contributed by atoms with van der Waals surface area (Å²) >= 11 is 6.00. The van der Waals surface area contributed by atoms with Crippen LogP contribution in [-0.4, -0.2) is 11.4 Å². The van der Waals surface area contributed by atoms with Crippen molar-refractivity contribution in [2.45, 2.75) is 32.8 Å². The number of rotatable bonds is 4. The molecular formula is C12H17ClN2O. The van der Waals surface area contributed by atoms with Gasteiger partial charge in [-0.3, -0.25) is 5.41 Å². The molecule has 3 N–H and O–H groups in total. The lowest BCUT2D eigenvalue weighted by atomic mass is 10.1. The highest BCUT2D eigenvalue weighted by atomic mass is 35.5. The van der Waals surface area contributed by atoms with E-state index in [1.54, 1.807) is 18.2 Å². The standard InChI is InChI=1S/C12H17ClN2O/c1-4-12(2,3)16-8-5-6-9(11(14)15)10(13)7-8/h5-7H,4H2,1-3H3,(H3,14,15). The van der Waals surface area contributed by atoms with Crippen molar-refractivity contribution in [2.75, 3.05) is 0 Å². The summed E-state index contributed by atoms with van der Waals surface area (Å²) in [7, 11) is 0. The van der Waals surface area contributed by atoms with Crippen molar-refractivity contribution in [2.24, 2.45) is 5.73 Å². The zero-order valence-corrected chi connectivity index (χ0v) is 10.6. The van der Waals surface area contributed by atoms with Crippen LogP contribution in [0.25, 0.3) is 0 Å². The number of hydrogen-bond donors (Lipinski definition) is 2. The van der Waals surface area contributed by atoms with Crippen molar-refractivity contribution in [3.05, 3.63) is 28.8 Å². The molecule has 0 fully saturated rings. The van der Waals surface area contributed by atoms with Crippen LogP contribution >= 0.6 is 11.6 Å². The van der Waals surface area contributed by atoms with Gasteiger partial charge in [-0.05, 0) is 38.5 Å². The minimum atomic E-state index is -0.221. The van der Waals surface area contributed by atoms with E-state index >= 15 is 0 Å². The van der Waals surface area contributed by atoms with E-state index in [9.17, 15) is 0 Å². The van der Waals surface area contributed by atoms with Crippen molar-refractivity contribution in [1.29, 1.82) is 5.41 Å². The largest absolute Gasteiger partial charge is 0.488 e. The average Bonchev–Trinajstić information content (AvgIpc) is 2.16. The molecule has 0 radical (unpaired) electrons. The van der Waals surface area contributed by atoms with E-state index < -0.39 is 0 Å². The number of nitrogen functional groups attached to an aromatic ring is 1. The first-order chi connectivity index (χ1) is 7.35. The molecule has 0 spiro atoms. The van der Waals surface area contributed by atoms with Crippen LogP contribution in [0.5, 0.6) is 5.75 Å². The molecule has 4 heteroatoms. The highest BCUT2D eigenvalue weighted by molar-refractivity contribution is 6.34. The van der Waals surface area contributed by atoms with E-state index in [2.05, 4.69) is 6.92 Å². The molecule has 0 heterocycles. The number of hydrogen-bond acceptors (Lipinski definition) is 2. The summed E-state index contributed by atoms with van der Waals surface area (Å²) in [6, 6.07) is 5.17. The van der Waals surface area contributed by atoms with Gasteiger partial charge in [-0.15, -0.1) is 0 Å². The Bertz CT molecular complexity index is 402. The van der Waals surface area contributed by atoms with Crippen LogP contribution in [-0.2, 0) is 0 Å². The normalized spacial score (nSPS) is 11.2. The van der Waals surface area contributed by atoms with Gasteiger partial charge < -0.3 is 10.5 Å². The molecule has 0 saturated carbocycles. The Balaban J connectivity index is 2.94. The third kappa shape index (κ3) is 3.14. The second kappa shape index (κ2) is 4.74. The average molecular weight is 241 g/mol. The molecule has 0 aliphatic carbocycles. The maximum absolute atomic E-state index is 7.32. The summed E-state index contributed by atoms with van der Waals surface area (Å²) in [5.74, 6) is 0.660. The van der Waals surface area contributed by atoms with E-state index in [1.165, 1.54) is 0 Å². The molecular weight excluding hydrogens is 224 g/mol. The third-order valence-electron chi connectivity index (χ3n) is 2.48. The van der Waals surface area contributed by atoms with E-state index in [1.807, 2.05) is 13.8 Å². The minimum Gasteiger partial charge on any atom is -0.488 e. The fourth-order valence-corrected chi connectivity index (χ4v) is 1.44. The smallest absolute Gasteiger partial charge is 0.124 e. The molecule has 0 amide bonds. The summed E-state index contributed by atoms with van der Waals surface area (Å²) in [4.78, 5) is 0. The van der Waals surface area contributed by atoms with E-state index in [-0.39, 0.29) is 11.4 Å². The predicted octanol–water partition coefficient (Wildman–Crippen LogP) is 3.19. The third-order valence-corrected chi connectivity index (χ3v) is 2.79. The highest BCUT2D eigenvalue weighted by Crippen LogP contribution is 2.26. The van der Waals surface area contributed by atoms with Gasteiger partial charge in [0, 0.05) is 5.56 Å². The number of nitrogens with one attached hydrogen (secondary N) is 1. The molecule has 0 unspecified atom stereocenters. The van der Waals surface area contributed by atoms with Crippen LogP contribution in [0.3, 0.4) is 0 Å². The van der Waals surface area contributed by atoms with Crippen molar-refractivity contribution in [1.82, 2.24) is 0 Å². The van der Waals surface area contributed by atoms with E-state index in [0.717, 1.165) is 6.42 Å². The molecule has 1 aromatic carbocycles. The van der Waals surface area contributed by atoms with Crippen LogP contribution < -0.4 is 10.5 Å². The molecule has 0 saturated heterocycles. The second-order valence-electron chi connectivity index (χ2n) is 4.27. The monoisotopic (exact) mass is 240 g/mol.